The van der Waals surface area contributed by atoms with Crippen molar-refractivity contribution in [2.24, 2.45) is 0 Å². The third kappa shape index (κ3) is 7.78. The molecule has 62 valence electrons. The zero-order valence-electron chi connectivity index (χ0n) is 4.46. The van der Waals surface area contributed by atoms with E-state index in [4.69, 9.17) is 9.11 Å². The second-order valence-corrected chi connectivity index (χ2v) is 3.74. The molecule has 0 heterocycles. The van der Waals surface area contributed by atoms with Crippen LogP contribution in [0.4, 0.5) is 0 Å². The van der Waals surface area contributed by atoms with Gasteiger partial charge in [0.2, 0.25) is 0 Å². The van der Waals surface area contributed by atoms with E-state index >= 15 is 0 Å². The second kappa shape index (κ2) is 2.80. The molecular weight excluding hydrogens is 188 g/mol. The smallest absolute Gasteiger partial charge is 0.284 e. The zero-order chi connectivity index (χ0) is 8.41. The van der Waals surface area contributed by atoms with Gasteiger partial charge < -0.3 is 0 Å². The summed E-state index contributed by atoms with van der Waals surface area (Å²) in [4.78, 5) is 0. The van der Waals surface area contributed by atoms with Crippen molar-refractivity contribution < 1.29 is 30.1 Å². The van der Waals surface area contributed by atoms with Crippen molar-refractivity contribution in [3.63, 3.8) is 0 Å². The summed E-state index contributed by atoms with van der Waals surface area (Å²) in [5.74, 6) is -1.48. The molecule has 0 aromatic rings. The Balaban J connectivity index is 4.05. The maximum atomic E-state index is 9.73. The van der Waals surface area contributed by atoms with Gasteiger partial charge in [0.15, 0.2) is 5.94 Å². The normalized spacial score (nSPS) is 13.4. The van der Waals surface area contributed by atoms with Crippen molar-refractivity contribution in [3.8, 4) is 0 Å². The molecule has 0 aliphatic heterocycles. The van der Waals surface area contributed by atoms with Gasteiger partial charge in [0.1, 0.15) is 0 Å². The fraction of sp³-hybridized carbons (Fsp3) is 1.00. The predicted molar refractivity (Wildman–Crippen MR) is 29.0 cm³/mol. The van der Waals surface area contributed by atoms with Crippen LogP contribution in [0.25, 0.3) is 0 Å². The van der Waals surface area contributed by atoms with Gasteiger partial charge in [-0.25, -0.2) is 4.18 Å². The lowest BCUT2D eigenvalue weighted by Gasteiger charge is -1.93. The molecule has 7 nitrogen and oxygen atoms in total. The maximum absolute atomic E-state index is 9.73. The van der Waals surface area contributed by atoms with Crippen LogP contribution in [0, 0.1) is 0 Å². The van der Waals surface area contributed by atoms with E-state index in [0.29, 0.717) is 0 Å². The quantitative estimate of drug-likeness (QED) is 0.530. The van der Waals surface area contributed by atoms with Gasteiger partial charge in [-0.3, -0.25) is 9.11 Å². The van der Waals surface area contributed by atoms with Crippen molar-refractivity contribution in [3.05, 3.63) is 0 Å². The van der Waals surface area contributed by atoms with E-state index in [0.717, 1.165) is 0 Å². The fourth-order valence-corrected chi connectivity index (χ4v) is 1.09. The Morgan fingerprint density at radius 1 is 1.10 bits per heavy atom. The molecule has 0 rings (SSSR count). The molecule has 0 radical (unpaired) electrons. The first kappa shape index (κ1) is 9.78. The molecule has 0 amide bonds. The van der Waals surface area contributed by atoms with Crippen LogP contribution in [0.15, 0.2) is 0 Å². The summed E-state index contributed by atoms with van der Waals surface area (Å²) < 4.78 is 57.6. The molecule has 0 aromatic heterocycles. The number of hydrogen-bond acceptors (Lipinski definition) is 5. The molecule has 0 spiro atoms. The summed E-state index contributed by atoms with van der Waals surface area (Å²) in [6.45, 7) is 0. The molecule has 0 saturated heterocycles. The van der Waals surface area contributed by atoms with Crippen LogP contribution < -0.4 is 0 Å². The van der Waals surface area contributed by atoms with E-state index < -0.39 is 26.5 Å². The highest BCUT2D eigenvalue weighted by atomic mass is 32.3. The molecule has 0 unspecified atom stereocenters. The summed E-state index contributed by atoms with van der Waals surface area (Å²) in [7, 11) is -9.32. The molecular formula is CH4O7S2. The SMILES string of the molecule is O=S(=O)(O)COS(=O)(=O)O. The monoisotopic (exact) mass is 192 g/mol. The summed E-state index contributed by atoms with van der Waals surface area (Å²) in [6, 6.07) is 0. The third-order valence-corrected chi connectivity index (χ3v) is 1.33. The average molecular weight is 192 g/mol. The lowest BCUT2D eigenvalue weighted by Crippen LogP contribution is -2.12. The zero-order valence-corrected chi connectivity index (χ0v) is 6.09. The Morgan fingerprint density at radius 3 is 1.60 bits per heavy atom. The van der Waals surface area contributed by atoms with Gasteiger partial charge in [-0.2, -0.15) is 16.8 Å². The highest BCUT2D eigenvalue weighted by Crippen LogP contribution is 1.89. The molecule has 10 heavy (non-hydrogen) atoms. The van der Waals surface area contributed by atoms with Crippen LogP contribution in [0.1, 0.15) is 0 Å². The maximum Gasteiger partial charge on any atom is 0.398 e. The summed E-state index contributed by atoms with van der Waals surface area (Å²) in [5, 5.41) is 0. The van der Waals surface area contributed by atoms with E-state index in [1.54, 1.807) is 0 Å². The van der Waals surface area contributed by atoms with Gasteiger partial charge >= 0.3 is 10.4 Å². The van der Waals surface area contributed by atoms with Gasteiger partial charge in [0, 0.05) is 0 Å². The van der Waals surface area contributed by atoms with Crippen LogP contribution in [-0.2, 0) is 24.7 Å². The largest absolute Gasteiger partial charge is 0.398 e. The van der Waals surface area contributed by atoms with Crippen molar-refractivity contribution >= 4 is 20.5 Å². The fourth-order valence-electron chi connectivity index (χ4n) is 0.122. The lowest BCUT2D eigenvalue weighted by molar-refractivity contribution is 0.296. The minimum atomic E-state index is -4.80. The Labute approximate surface area is 57.3 Å². The minimum Gasteiger partial charge on any atom is -0.284 e. The molecule has 0 aliphatic rings. The predicted octanol–water partition coefficient (Wildman–Crippen LogP) is -1.35. The van der Waals surface area contributed by atoms with Gasteiger partial charge in [-0.1, -0.05) is 0 Å². The van der Waals surface area contributed by atoms with E-state index in [1.807, 2.05) is 0 Å². The van der Waals surface area contributed by atoms with E-state index in [-0.39, 0.29) is 0 Å². The van der Waals surface area contributed by atoms with Crippen molar-refractivity contribution in [1.29, 1.82) is 0 Å². The summed E-state index contributed by atoms with van der Waals surface area (Å²) in [5.41, 5.74) is 0. The molecule has 0 atom stereocenters. The van der Waals surface area contributed by atoms with Gasteiger partial charge in [-0.05, 0) is 0 Å². The summed E-state index contributed by atoms with van der Waals surface area (Å²) in [6.07, 6.45) is 0. The van der Waals surface area contributed by atoms with Crippen LogP contribution >= 0.6 is 0 Å². The van der Waals surface area contributed by atoms with Gasteiger partial charge in [0.05, 0.1) is 0 Å². The number of hydrogen-bond donors (Lipinski definition) is 2. The van der Waals surface area contributed by atoms with Gasteiger partial charge in [0.25, 0.3) is 10.1 Å². The standard InChI is InChI=1S/CH4O7S2/c2-9(3,4)1-8-10(5,6)7/h1H2,(H,2,3,4)(H,5,6,7). The van der Waals surface area contributed by atoms with Crippen LogP contribution in [-0.4, -0.2) is 31.9 Å². The van der Waals surface area contributed by atoms with E-state index in [9.17, 15) is 16.8 Å². The Hall–Kier alpha value is -0.220. The van der Waals surface area contributed by atoms with Crippen LogP contribution in [0.2, 0.25) is 0 Å². The van der Waals surface area contributed by atoms with Crippen LogP contribution in [0.5, 0.6) is 0 Å². The molecule has 0 aromatic carbocycles. The Kier molecular flexibility index (Phi) is 2.74. The topological polar surface area (TPSA) is 118 Å². The molecule has 2 N–H and O–H groups in total. The lowest BCUT2D eigenvalue weighted by atomic mass is 11.7. The molecule has 0 bridgehead atoms. The molecule has 0 fully saturated rings. The number of rotatable bonds is 3. The first-order chi connectivity index (χ1) is 4.21. The van der Waals surface area contributed by atoms with Gasteiger partial charge in [-0.15, -0.1) is 0 Å². The minimum absolute atomic E-state index is 1.48. The Morgan fingerprint density at radius 2 is 1.50 bits per heavy atom. The molecule has 0 aliphatic carbocycles. The highest BCUT2D eigenvalue weighted by molar-refractivity contribution is 7.87. The Bertz CT molecular complexity index is 248. The van der Waals surface area contributed by atoms with Crippen LogP contribution in [0.3, 0.4) is 0 Å². The van der Waals surface area contributed by atoms with Crippen molar-refractivity contribution in [1.82, 2.24) is 0 Å². The summed E-state index contributed by atoms with van der Waals surface area (Å²) >= 11 is 0. The molecule has 0 saturated carbocycles. The van der Waals surface area contributed by atoms with E-state index in [2.05, 4.69) is 4.18 Å². The van der Waals surface area contributed by atoms with E-state index in [1.165, 1.54) is 0 Å². The third-order valence-electron chi connectivity index (χ3n) is 0.346. The van der Waals surface area contributed by atoms with Crippen molar-refractivity contribution in [2.45, 2.75) is 0 Å². The first-order valence-electron chi connectivity index (χ1n) is 1.78. The highest BCUT2D eigenvalue weighted by Gasteiger charge is 2.11. The average Bonchev–Trinajstić information content (AvgIpc) is 1.57. The molecule has 9 heteroatoms. The van der Waals surface area contributed by atoms with Crippen molar-refractivity contribution in [2.75, 3.05) is 5.94 Å². The first-order valence-corrected chi connectivity index (χ1v) is 4.75. The second-order valence-electron chi connectivity index (χ2n) is 1.25.